The fraction of sp³-hybridized carbons (Fsp3) is 0.444. The number of rotatable bonds is 9. The molecule has 1 heterocycles. The highest BCUT2D eigenvalue weighted by Gasteiger charge is 2.04. The van der Waals surface area contributed by atoms with Crippen molar-refractivity contribution in [1.29, 1.82) is 0 Å². The Kier molecular flexibility index (Phi) is 6.31. The van der Waals surface area contributed by atoms with E-state index >= 15 is 0 Å². The minimum absolute atomic E-state index is 0.231. The van der Waals surface area contributed by atoms with Crippen LogP contribution < -0.4 is 0 Å². The molecule has 0 aliphatic heterocycles. The van der Waals surface area contributed by atoms with Crippen molar-refractivity contribution in [3.05, 3.63) is 42.1 Å². The van der Waals surface area contributed by atoms with E-state index in [2.05, 4.69) is 9.97 Å². The van der Waals surface area contributed by atoms with Crippen molar-refractivity contribution in [3.8, 4) is 11.3 Å². The second kappa shape index (κ2) is 8.47. The maximum absolute atomic E-state index is 12.9. The normalized spacial score (nSPS) is 10.8. The Morgan fingerprint density at radius 2 is 1.86 bits per heavy atom. The van der Waals surface area contributed by atoms with E-state index in [-0.39, 0.29) is 5.82 Å². The van der Waals surface area contributed by atoms with Crippen LogP contribution >= 0.6 is 0 Å². The SMILES string of the molecule is CCC(=O)CCCCCCc1ncc(-c2ccc(F)cc2)[nH]1. The zero-order chi connectivity index (χ0) is 15.8. The molecule has 0 bridgehead atoms. The third-order valence-corrected chi connectivity index (χ3v) is 3.80. The third kappa shape index (κ3) is 5.10. The number of aromatic nitrogens is 2. The number of hydrogen-bond acceptors (Lipinski definition) is 2. The molecule has 2 aromatic rings. The van der Waals surface area contributed by atoms with E-state index in [4.69, 9.17) is 0 Å². The molecule has 0 atom stereocenters. The molecule has 0 radical (unpaired) electrons. The van der Waals surface area contributed by atoms with Crippen molar-refractivity contribution in [2.75, 3.05) is 0 Å². The van der Waals surface area contributed by atoms with Gasteiger partial charge in [0.15, 0.2) is 0 Å². The Morgan fingerprint density at radius 1 is 1.14 bits per heavy atom. The van der Waals surface area contributed by atoms with Crippen LogP contribution in [0.4, 0.5) is 4.39 Å². The van der Waals surface area contributed by atoms with Crippen molar-refractivity contribution in [1.82, 2.24) is 9.97 Å². The van der Waals surface area contributed by atoms with Crippen molar-refractivity contribution < 1.29 is 9.18 Å². The molecule has 0 amide bonds. The largest absolute Gasteiger partial charge is 0.342 e. The van der Waals surface area contributed by atoms with Crippen LogP contribution in [0.2, 0.25) is 0 Å². The van der Waals surface area contributed by atoms with Crippen LogP contribution in [0.1, 0.15) is 51.3 Å². The first-order chi connectivity index (χ1) is 10.7. The zero-order valence-corrected chi connectivity index (χ0v) is 13.1. The molecule has 118 valence electrons. The van der Waals surface area contributed by atoms with Crippen molar-refractivity contribution in [3.63, 3.8) is 0 Å². The van der Waals surface area contributed by atoms with E-state index in [0.29, 0.717) is 18.6 Å². The van der Waals surface area contributed by atoms with Crippen LogP contribution in [0.25, 0.3) is 11.3 Å². The predicted octanol–water partition coefficient (Wildman–Crippen LogP) is 4.69. The van der Waals surface area contributed by atoms with Crippen LogP contribution in [0.15, 0.2) is 30.5 Å². The first-order valence-electron chi connectivity index (χ1n) is 8.00. The van der Waals surface area contributed by atoms with Crippen molar-refractivity contribution in [2.24, 2.45) is 0 Å². The molecule has 0 aliphatic rings. The van der Waals surface area contributed by atoms with Crippen LogP contribution in [-0.2, 0) is 11.2 Å². The van der Waals surface area contributed by atoms with E-state index in [1.807, 2.05) is 6.92 Å². The highest BCUT2D eigenvalue weighted by Crippen LogP contribution is 2.18. The summed E-state index contributed by atoms with van der Waals surface area (Å²) in [7, 11) is 0. The smallest absolute Gasteiger partial charge is 0.132 e. The van der Waals surface area contributed by atoms with Gasteiger partial charge in [-0.1, -0.05) is 19.8 Å². The van der Waals surface area contributed by atoms with Gasteiger partial charge in [-0.05, 0) is 42.7 Å². The molecule has 0 fully saturated rings. The van der Waals surface area contributed by atoms with E-state index in [1.165, 1.54) is 12.1 Å². The van der Waals surface area contributed by atoms with E-state index < -0.39 is 0 Å². The lowest BCUT2D eigenvalue weighted by molar-refractivity contribution is -0.118. The second-order valence-corrected chi connectivity index (χ2v) is 5.56. The van der Waals surface area contributed by atoms with Gasteiger partial charge in [0.25, 0.3) is 0 Å². The molecule has 0 saturated heterocycles. The molecule has 0 saturated carbocycles. The number of benzene rings is 1. The number of aryl methyl sites for hydroxylation is 1. The number of carbonyl (C=O) groups excluding carboxylic acids is 1. The third-order valence-electron chi connectivity index (χ3n) is 3.80. The number of unbranched alkanes of at least 4 members (excludes halogenated alkanes) is 3. The Bertz CT molecular complexity index is 589. The number of nitrogens with one attached hydrogen (secondary N) is 1. The maximum Gasteiger partial charge on any atom is 0.132 e. The summed E-state index contributed by atoms with van der Waals surface area (Å²) in [4.78, 5) is 18.8. The number of imidazole rings is 1. The van der Waals surface area contributed by atoms with Gasteiger partial charge in [0.2, 0.25) is 0 Å². The van der Waals surface area contributed by atoms with Gasteiger partial charge >= 0.3 is 0 Å². The Balaban J connectivity index is 1.71. The van der Waals surface area contributed by atoms with Gasteiger partial charge in [-0.2, -0.15) is 0 Å². The zero-order valence-electron chi connectivity index (χ0n) is 13.1. The monoisotopic (exact) mass is 302 g/mol. The lowest BCUT2D eigenvalue weighted by atomic mass is 10.1. The van der Waals surface area contributed by atoms with Gasteiger partial charge in [-0.25, -0.2) is 9.37 Å². The molecule has 1 N–H and O–H groups in total. The fourth-order valence-corrected chi connectivity index (χ4v) is 2.41. The van der Waals surface area contributed by atoms with E-state index in [9.17, 15) is 9.18 Å². The molecular formula is C18H23FN2O. The molecule has 1 aromatic heterocycles. The second-order valence-electron chi connectivity index (χ2n) is 5.56. The Labute approximate surface area is 131 Å². The number of ketones is 1. The number of Topliss-reactive ketones (excluding diaryl/α,β-unsaturated/α-hetero) is 1. The van der Waals surface area contributed by atoms with Crippen LogP contribution in [0.5, 0.6) is 0 Å². The molecule has 1 aromatic carbocycles. The van der Waals surface area contributed by atoms with Crippen LogP contribution in [0, 0.1) is 5.82 Å². The number of hydrogen-bond donors (Lipinski definition) is 1. The minimum atomic E-state index is -0.231. The minimum Gasteiger partial charge on any atom is -0.342 e. The van der Waals surface area contributed by atoms with Crippen molar-refractivity contribution >= 4 is 5.78 Å². The summed E-state index contributed by atoms with van der Waals surface area (Å²) in [6.07, 6.45) is 8.33. The fourth-order valence-electron chi connectivity index (χ4n) is 2.41. The molecule has 4 heteroatoms. The lowest BCUT2D eigenvalue weighted by Gasteiger charge is -2.00. The maximum atomic E-state index is 12.9. The van der Waals surface area contributed by atoms with E-state index in [1.54, 1.807) is 18.3 Å². The Hall–Kier alpha value is -1.97. The first-order valence-corrected chi connectivity index (χ1v) is 8.00. The summed E-state index contributed by atoms with van der Waals surface area (Å²) >= 11 is 0. The topological polar surface area (TPSA) is 45.8 Å². The van der Waals surface area contributed by atoms with Crippen molar-refractivity contribution in [2.45, 2.75) is 51.9 Å². The molecule has 0 spiro atoms. The highest BCUT2D eigenvalue weighted by atomic mass is 19.1. The summed E-state index contributed by atoms with van der Waals surface area (Å²) < 4.78 is 12.9. The van der Waals surface area contributed by atoms with Gasteiger partial charge in [0.1, 0.15) is 17.4 Å². The number of H-pyrrole nitrogens is 1. The standard InChI is InChI=1S/C18H23FN2O/c1-2-16(22)7-5-3-4-6-8-18-20-13-17(21-18)14-9-11-15(19)12-10-14/h9-13H,2-8H2,1H3,(H,20,21). The summed E-state index contributed by atoms with van der Waals surface area (Å²) in [5.41, 5.74) is 1.86. The molecule has 0 aliphatic carbocycles. The van der Waals surface area contributed by atoms with Crippen LogP contribution in [-0.4, -0.2) is 15.8 Å². The quantitative estimate of drug-likeness (QED) is 0.683. The van der Waals surface area contributed by atoms with Gasteiger partial charge in [0, 0.05) is 19.3 Å². The molecule has 0 unspecified atom stereocenters. The van der Waals surface area contributed by atoms with Crippen LogP contribution in [0.3, 0.4) is 0 Å². The molecular weight excluding hydrogens is 279 g/mol. The number of nitrogens with zero attached hydrogens (tertiary/aromatic N) is 1. The number of carbonyl (C=O) groups is 1. The first kappa shape index (κ1) is 16.4. The average molecular weight is 302 g/mol. The predicted molar refractivity (Wildman–Crippen MR) is 86.1 cm³/mol. The number of aromatic amines is 1. The highest BCUT2D eigenvalue weighted by molar-refractivity contribution is 5.77. The van der Waals surface area contributed by atoms with Gasteiger partial charge in [-0.15, -0.1) is 0 Å². The average Bonchev–Trinajstić information content (AvgIpc) is 3.00. The molecule has 22 heavy (non-hydrogen) atoms. The van der Waals surface area contributed by atoms with Gasteiger partial charge in [0.05, 0.1) is 11.9 Å². The summed E-state index contributed by atoms with van der Waals surface area (Å²) in [5.74, 6) is 1.09. The van der Waals surface area contributed by atoms with E-state index in [0.717, 1.165) is 49.2 Å². The van der Waals surface area contributed by atoms with Gasteiger partial charge in [-0.3, -0.25) is 4.79 Å². The van der Waals surface area contributed by atoms with Gasteiger partial charge < -0.3 is 4.98 Å². The Morgan fingerprint density at radius 3 is 2.59 bits per heavy atom. The molecule has 2 rings (SSSR count). The molecule has 3 nitrogen and oxygen atoms in total. The summed E-state index contributed by atoms with van der Waals surface area (Å²) in [6.45, 7) is 1.91. The lowest BCUT2D eigenvalue weighted by Crippen LogP contribution is -1.94. The number of halogens is 1. The summed E-state index contributed by atoms with van der Waals surface area (Å²) in [6, 6.07) is 6.40. The summed E-state index contributed by atoms with van der Waals surface area (Å²) in [5, 5.41) is 0.